The summed E-state index contributed by atoms with van der Waals surface area (Å²) >= 11 is 0. The Balaban J connectivity index is 2.17. The van der Waals surface area contributed by atoms with Gasteiger partial charge in [-0.1, -0.05) is 12.1 Å². The molecule has 0 N–H and O–H groups in total. The first kappa shape index (κ1) is 29.9. The SMILES string of the molecule is CCOC(=O)CCC(=O)N(CCOC)CC(=O)N(Cc1cccn1Cc1cccc(OC)c1)C(C)(C)C. The molecule has 37 heavy (non-hydrogen) atoms. The van der Waals surface area contributed by atoms with Gasteiger partial charge in [0.1, 0.15) is 5.75 Å². The molecular weight excluding hydrogens is 474 g/mol. The number of aromatic nitrogens is 1. The van der Waals surface area contributed by atoms with Gasteiger partial charge in [-0.15, -0.1) is 0 Å². The summed E-state index contributed by atoms with van der Waals surface area (Å²) in [6.07, 6.45) is 1.95. The molecule has 0 radical (unpaired) electrons. The number of hydrogen-bond acceptors (Lipinski definition) is 6. The molecule has 0 aliphatic heterocycles. The van der Waals surface area contributed by atoms with Gasteiger partial charge in [0, 0.05) is 44.0 Å². The molecule has 0 aliphatic carbocycles. The van der Waals surface area contributed by atoms with Crippen molar-refractivity contribution in [1.29, 1.82) is 0 Å². The average molecular weight is 516 g/mol. The summed E-state index contributed by atoms with van der Waals surface area (Å²) in [6, 6.07) is 11.9. The van der Waals surface area contributed by atoms with E-state index in [0.29, 0.717) is 13.1 Å². The molecule has 0 bridgehead atoms. The minimum absolute atomic E-state index is 0.0191. The highest BCUT2D eigenvalue weighted by atomic mass is 16.5. The Bertz CT molecular complexity index is 1030. The predicted molar refractivity (Wildman–Crippen MR) is 141 cm³/mol. The molecule has 9 heteroatoms. The largest absolute Gasteiger partial charge is 0.497 e. The van der Waals surface area contributed by atoms with Gasteiger partial charge in [-0.25, -0.2) is 0 Å². The molecule has 2 aromatic rings. The quantitative estimate of drug-likeness (QED) is 0.358. The lowest BCUT2D eigenvalue weighted by atomic mass is 10.1. The van der Waals surface area contributed by atoms with Gasteiger partial charge in [-0.3, -0.25) is 14.4 Å². The van der Waals surface area contributed by atoms with Crippen molar-refractivity contribution in [2.24, 2.45) is 0 Å². The minimum atomic E-state index is -0.483. The van der Waals surface area contributed by atoms with Crippen LogP contribution in [-0.2, 0) is 36.9 Å². The number of esters is 1. The van der Waals surface area contributed by atoms with E-state index < -0.39 is 11.5 Å². The molecule has 0 fully saturated rings. The number of ether oxygens (including phenoxy) is 3. The molecule has 0 aliphatic rings. The predicted octanol–water partition coefficient (Wildman–Crippen LogP) is 3.49. The number of benzene rings is 1. The lowest BCUT2D eigenvalue weighted by Gasteiger charge is -2.37. The van der Waals surface area contributed by atoms with Crippen LogP contribution in [0.3, 0.4) is 0 Å². The first-order valence-corrected chi connectivity index (χ1v) is 12.6. The van der Waals surface area contributed by atoms with Gasteiger partial charge >= 0.3 is 5.97 Å². The number of methoxy groups -OCH3 is 2. The van der Waals surface area contributed by atoms with E-state index in [1.165, 1.54) is 4.90 Å². The lowest BCUT2D eigenvalue weighted by Crippen LogP contribution is -2.50. The fourth-order valence-electron chi connectivity index (χ4n) is 3.92. The summed E-state index contributed by atoms with van der Waals surface area (Å²) in [5, 5.41) is 0. The van der Waals surface area contributed by atoms with Crippen LogP contribution in [0.15, 0.2) is 42.6 Å². The van der Waals surface area contributed by atoms with Crippen molar-refractivity contribution in [3.63, 3.8) is 0 Å². The first-order valence-electron chi connectivity index (χ1n) is 12.6. The Morgan fingerprint density at radius 1 is 1.00 bits per heavy atom. The summed E-state index contributed by atoms with van der Waals surface area (Å²) in [5.74, 6) is -0.0978. The van der Waals surface area contributed by atoms with Gasteiger partial charge in [0.15, 0.2) is 0 Å². The Labute approximate surface area is 220 Å². The van der Waals surface area contributed by atoms with Crippen LogP contribution in [0.5, 0.6) is 5.75 Å². The fourth-order valence-corrected chi connectivity index (χ4v) is 3.92. The zero-order chi connectivity index (χ0) is 27.4. The van der Waals surface area contributed by atoms with Crippen LogP contribution in [-0.4, -0.2) is 78.2 Å². The summed E-state index contributed by atoms with van der Waals surface area (Å²) in [5.41, 5.74) is 1.58. The molecule has 2 amide bonds. The van der Waals surface area contributed by atoms with Gasteiger partial charge in [-0.05, 0) is 57.5 Å². The van der Waals surface area contributed by atoms with E-state index in [-0.39, 0.29) is 51.0 Å². The normalized spacial score (nSPS) is 11.2. The third-order valence-corrected chi connectivity index (χ3v) is 5.93. The van der Waals surface area contributed by atoms with Crippen molar-refractivity contribution in [3.05, 3.63) is 53.9 Å². The molecule has 1 aromatic heterocycles. The van der Waals surface area contributed by atoms with E-state index in [1.54, 1.807) is 26.0 Å². The van der Waals surface area contributed by atoms with Crippen molar-refractivity contribution in [1.82, 2.24) is 14.4 Å². The van der Waals surface area contributed by atoms with E-state index in [2.05, 4.69) is 4.57 Å². The van der Waals surface area contributed by atoms with Gasteiger partial charge in [0.05, 0.1) is 39.8 Å². The number of hydrogen-bond donors (Lipinski definition) is 0. The minimum Gasteiger partial charge on any atom is -0.497 e. The molecule has 1 heterocycles. The second kappa shape index (κ2) is 14.4. The molecule has 2 rings (SSSR count). The van der Waals surface area contributed by atoms with Gasteiger partial charge < -0.3 is 28.6 Å². The van der Waals surface area contributed by atoms with E-state index in [1.807, 2.05) is 63.4 Å². The van der Waals surface area contributed by atoms with Gasteiger partial charge in [0.25, 0.3) is 0 Å². The molecule has 0 unspecified atom stereocenters. The molecule has 9 nitrogen and oxygen atoms in total. The van der Waals surface area contributed by atoms with Crippen LogP contribution in [0.25, 0.3) is 0 Å². The van der Waals surface area contributed by atoms with Crippen LogP contribution >= 0.6 is 0 Å². The highest BCUT2D eigenvalue weighted by molar-refractivity contribution is 5.86. The van der Waals surface area contributed by atoms with Crippen molar-refractivity contribution in [2.45, 2.75) is 59.2 Å². The Kier molecular flexibility index (Phi) is 11.7. The van der Waals surface area contributed by atoms with Crippen molar-refractivity contribution in [2.75, 3.05) is 40.5 Å². The standard InChI is InChI=1S/C28H41N3O6/c1-7-37-27(34)14-13-25(32)30(16-17-35-5)21-26(33)31(28(2,3)4)20-23-11-9-15-29(23)19-22-10-8-12-24(18-22)36-6/h8-12,15,18H,7,13-14,16-17,19-21H2,1-6H3. The van der Waals surface area contributed by atoms with Crippen LogP contribution < -0.4 is 4.74 Å². The monoisotopic (exact) mass is 515 g/mol. The van der Waals surface area contributed by atoms with Crippen molar-refractivity contribution in [3.8, 4) is 5.75 Å². The third-order valence-electron chi connectivity index (χ3n) is 5.93. The first-order chi connectivity index (χ1) is 17.6. The van der Waals surface area contributed by atoms with Crippen LogP contribution in [0.4, 0.5) is 0 Å². The fraction of sp³-hybridized carbons (Fsp3) is 0.536. The third kappa shape index (κ3) is 9.57. The zero-order valence-corrected chi connectivity index (χ0v) is 23.0. The van der Waals surface area contributed by atoms with E-state index in [0.717, 1.165) is 17.0 Å². The number of carbonyl (C=O) groups is 3. The molecule has 0 saturated carbocycles. The van der Waals surface area contributed by atoms with E-state index >= 15 is 0 Å². The molecule has 0 atom stereocenters. The van der Waals surface area contributed by atoms with Crippen molar-refractivity contribution < 1.29 is 28.6 Å². The smallest absolute Gasteiger partial charge is 0.306 e. The van der Waals surface area contributed by atoms with Gasteiger partial charge in [0.2, 0.25) is 11.8 Å². The second-order valence-corrected chi connectivity index (χ2v) is 9.74. The maximum Gasteiger partial charge on any atom is 0.306 e. The number of rotatable bonds is 14. The maximum absolute atomic E-state index is 13.6. The Hall–Kier alpha value is -3.33. The number of amides is 2. The average Bonchev–Trinajstić information content (AvgIpc) is 3.29. The second-order valence-electron chi connectivity index (χ2n) is 9.74. The van der Waals surface area contributed by atoms with E-state index in [9.17, 15) is 14.4 Å². The molecule has 0 spiro atoms. The topological polar surface area (TPSA) is 90.3 Å². The molecular formula is C28H41N3O6. The molecule has 0 saturated heterocycles. The Morgan fingerprint density at radius 3 is 2.41 bits per heavy atom. The molecule has 1 aromatic carbocycles. The number of nitrogens with zero attached hydrogens (tertiary/aromatic N) is 3. The van der Waals surface area contributed by atoms with E-state index in [4.69, 9.17) is 14.2 Å². The Morgan fingerprint density at radius 2 is 1.76 bits per heavy atom. The van der Waals surface area contributed by atoms with Crippen LogP contribution in [0, 0.1) is 0 Å². The van der Waals surface area contributed by atoms with Gasteiger partial charge in [-0.2, -0.15) is 0 Å². The molecule has 204 valence electrons. The van der Waals surface area contributed by atoms with Crippen LogP contribution in [0.1, 0.15) is 51.8 Å². The summed E-state index contributed by atoms with van der Waals surface area (Å²) in [7, 11) is 3.19. The highest BCUT2D eigenvalue weighted by Gasteiger charge is 2.30. The summed E-state index contributed by atoms with van der Waals surface area (Å²) in [6.45, 7) is 9.38. The zero-order valence-electron chi connectivity index (χ0n) is 23.0. The number of carbonyl (C=O) groups excluding carboxylic acids is 3. The highest BCUT2D eigenvalue weighted by Crippen LogP contribution is 2.21. The summed E-state index contributed by atoms with van der Waals surface area (Å²) in [4.78, 5) is 41.4. The summed E-state index contributed by atoms with van der Waals surface area (Å²) < 4.78 is 17.5. The lowest BCUT2D eigenvalue weighted by molar-refractivity contribution is -0.147. The maximum atomic E-state index is 13.6. The van der Waals surface area contributed by atoms with Crippen LogP contribution in [0.2, 0.25) is 0 Å². The van der Waals surface area contributed by atoms with Crippen molar-refractivity contribution >= 4 is 17.8 Å².